The van der Waals surface area contributed by atoms with E-state index < -0.39 is 0 Å². The zero-order chi connectivity index (χ0) is 17.7. The molecule has 0 radical (unpaired) electrons. The van der Waals surface area contributed by atoms with Gasteiger partial charge in [-0.15, -0.1) is 0 Å². The Morgan fingerprint density at radius 3 is 2.46 bits per heavy atom. The van der Waals surface area contributed by atoms with Gasteiger partial charge >= 0.3 is 0 Å². The third-order valence-electron chi connectivity index (χ3n) is 4.32. The number of amides is 3. The van der Waals surface area contributed by atoms with Crippen LogP contribution < -0.4 is 5.32 Å². The van der Waals surface area contributed by atoms with E-state index in [1.807, 2.05) is 25.1 Å². The van der Waals surface area contributed by atoms with E-state index in [1.165, 1.54) is 0 Å². The Morgan fingerprint density at radius 1 is 1.21 bits per heavy atom. The molecular weight excluding hydrogens is 306 g/mol. The fraction of sp³-hybridized carbons (Fsp3) is 0.500. The van der Waals surface area contributed by atoms with Crippen molar-refractivity contribution in [3.63, 3.8) is 0 Å². The van der Waals surface area contributed by atoms with Crippen LogP contribution in [-0.2, 0) is 14.4 Å². The Bertz CT molecular complexity index is 620. The van der Waals surface area contributed by atoms with Gasteiger partial charge in [0.2, 0.25) is 18.2 Å². The molecule has 2 rings (SSSR count). The van der Waals surface area contributed by atoms with Gasteiger partial charge in [0, 0.05) is 31.9 Å². The summed E-state index contributed by atoms with van der Waals surface area (Å²) in [6, 6.07) is 5.91. The van der Waals surface area contributed by atoms with Crippen molar-refractivity contribution < 1.29 is 14.4 Å². The van der Waals surface area contributed by atoms with Gasteiger partial charge in [-0.2, -0.15) is 0 Å². The lowest BCUT2D eigenvalue weighted by Gasteiger charge is -2.32. The number of nitrogens with one attached hydrogen (secondary N) is 1. The summed E-state index contributed by atoms with van der Waals surface area (Å²) >= 11 is 0. The molecule has 1 N–H and O–H groups in total. The van der Waals surface area contributed by atoms with Crippen LogP contribution in [0.25, 0.3) is 0 Å². The lowest BCUT2D eigenvalue weighted by molar-refractivity contribution is -0.137. The second-order valence-electron chi connectivity index (χ2n) is 6.44. The highest BCUT2D eigenvalue weighted by molar-refractivity contribution is 6.04. The summed E-state index contributed by atoms with van der Waals surface area (Å²) in [6.45, 7) is 8.09. The molecule has 6 heteroatoms. The molecule has 0 atom stereocenters. The third kappa shape index (κ3) is 4.34. The summed E-state index contributed by atoms with van der Waals surface area (Å²) in [7, 11) is 0. The van der Waals surface area contributed by atoms with Crippen LogP contribution in [0, 0.1) is 6.92 Å². The van der Waals surface area contributed by atoms with Crippen molar-refractivity contribution in [2.45, 2.75) is 33.1 Å². The number of piperazine rings is 1. The van der Waals surface area contributed by atoms with Gasteiger partial charge < -0.3 is 15.1 Å². The van der Waals surface area contributed by atoms with Crippen molar-refractivity contribution in [1.82, 2.24) is 9.80 Å². The van der Waals surface area contributed by atoms with E-state index in [9.17, 15) is 14.4 Å². The van der Waals surface area contributed by atoms with Crippen LogP contribution in [0.1, 0.15) is 37.3 Å². The Kier molecular flexibility index (Phi) is 5.95. The molecule has 1 fully saturated rings. The van der Waals surface area contributed by atoms with E-state index in [4.69, 9.17) is 0 Å². The van der Waals surface area contributed by atoms with E-state index in [0.29, 0.717) is 26.2 Å². The first-order valence-electron chi connectivity index (χ1n) is 8.29. The fourth-order valence-corrected chi connectivity index (χ4v) is 2.85. The maximum absolute atomic E-state index is 12.3. The van der Waals surface area contributed by atoms with Crippen LogP contribution >= 0.6 is 0 Å². The van der Waals surface area contributed by atoms with Crippen molar-refractivity contribution in [1.29, 1.82) is 0 Å². The quantitative estimate of drug-likeness (QED) is 0.660. The van der Waals surface area contributed by atoms with Gasteiger partial charge in [0.05, 0.1) is 0 Å². The SMILES string of the molecule is Cc1cccc(C(C)C)c1NC(=O)CC(=O)N1CCN(C=O)CC1. The minimum absolute atomic E-state index is 0.174. The Hall–Kier alpha value is -2.37. The molecular formula is C18H25N3O3. The standard InChI is InChI=1S/C18H25N3O3/c1-13(2)15-6-4-5-14(3)18(15)19-16(23)11-17(24)21-9-7-20(12-22)8-10-21/h4-6,12-13H,7-11H2,1-3H3,(H,19,23). The van der Waals surface area contributed by atoms with Gasteiger partial charge in [0.1, 0.15) is 6.42 Å². The number of carbonyl (C=O) groups is 3. The number of anilines is 1. The predicted molar refractivity (Wildman–Crippen MR) is 92.7 cm³/mol. The normalized spacial score (nSPS) is 14.7. The molecule has 1 saturated heterocycles. The van der Waals surface area contributed by atoms with E-state index >= 15 is 0 Å². The number of aryl methyl sites for hydroxylation is 1. The maximum Gasteiger partial charge on any atom is 0.233 e. The zero-order valence-electron chi connectivity index (χ0n) is 14.5. The number of hydrogen-bond acceptors (Lipinski definition) is 3. The minimum Gasteiger partial charge on any atom is -0.342 e. The number of hydrogen-bond donors (Lipinski definition) is 1. The van der Waals surface area contributed by atoms with Crippen LogP contribution in [-0.4, -0.2) is 54.2 Å². The van der Waals surface area contributed by atoms with E-state index in [1.54, 1.807) is 9.80 Å². The fourth-order valence-electron chi connectivity index (χ4n) is 2.85. The topological polar surface area (TPSA) is 69.7 Å². The first-order valence-corrected chi connectivity index (χ1v) is 8.29. The molecule has 1 aromatic carbocycles. The molecule has 1 aliphatic heterocycles. The maximum atomic E-state index is 12.3. The molecule has 0 aromatic heterocycles. The molecule has 1 aromatic rings. The van der Waals surface area contributed by atoms with Gasteiger partial charge in [0.15, 0.2) is 0 Å². The monoisotopic (exact) mass is 331 g/mol. The molecule has 130 valence electrons. The van der Waals surface area contributed by atoms with Crippen molar-refractivity contribution >= 4 is 23.9 Å². The summed E-state index contributed by atoms with van der Waals surface area (Å²) in [5.41, 5.74) is 2.85. The second-order valence-corrected chi connectivity index (χ2v) is 6.44. The molecule has 0 saturated carbocycles. The van der Waals surface area contributed by atoms with E-state index in [-0.39, 0.29) is 24.2 Å². The average Bonchev–Trinajstić information content (AvgIpc) is 2.56. The Balaban J connectivity index is 1.97. The molecule has 0 bridgehead atoms. The molecule has 6 nitrogen and oxygen atoms in total. The molecule has 1 heterocycles. The van der Waals surface area contributed by atoms with Crippen LogP contribution in [0.2, 0.25) is 0 Å². The largest absolute Gasteiger partial charge is 0.342 e. The predicted octanol–water partition coefficient (Wildman–Crippen LogP) is 1.75. The summed E-state index contributed by atoms with van der Waals surface area (Å²) in [6.07, 6.45) is 0.618. The highest BCUT2D eigenvalue weighted by Crippen LogP contribution is 2.27. The molecule has 0 spiro atoms. The van der Waals surface area contributed by atoms with Gasteiger partial charge in [-0.1, -0.05) is 32.0 Å². The number of benzene rings is 1. The summed E-state index contributed by atoms with van der Waals surface area (Å²) in [5.74, 6) is -0.209. The van der Waals surface area contributed by atoms with Gasteiger partial charge in [-0.25, -0.2) is 0 Å². The van der Waals surface area contributed by atoms with E-state index in [2.05, 4.69) is 19.2 Å². The van der Waals surface area contributed by atoms with Crippen molar-refractivity contribution in [2.24, 2.45) is 0 Å². The van der Waals surface area contributed by atoms with Crippen LogP contribution in [0.3, 0.4) is 0 Å². The second kappa shape index (κ2) is 7.95. The summed E-state index contributed by atoms with van der Waals surface area (Å²) in [4.78, 5) is 38.5. The smallest absolute Gasteiger partial charge is 0.233 e. The molecule has 0 aliphatic carbocycles. The Labute approximate surface area is 142 Å². The van der Waals surface area contributed by atoms with Gasteiger partial charge in [0.25, 0.3) is 0 Å². The number of nitrogens with zero attached hydrogens (tertiary/aromatic N) is 2. The molecule has 3 amide bonds. The van der Waals surface area contributed by atoms with Crippen LogP contribution in [0.4, 0.5) is 5.69 Å². The highest BCUT2D eigenvalue weighted by atomic mass is 16.2. The number of para-hydroxylation sites is 1. The summed E-state index contributed by atoms with van der Waals surface area (Å²) < 4.78 is 0. The van der Waals surface area contributed by atoms with E-state index in [0.717, 1.165) is 23.2 Å². The van der Waals surface area contributed by atoms with Gasteiger partial charge in [-0.3, -0.25) is 14.4 Å². The molecule has 0 unspecified atom stereocenters. The van der Waals surface area contributed by atoms with Gasteiger partial charge in [-0.05, 0) is 24.0 Å². The Morgan fingerprint density at radius 2 is 1.88 bits per heavy atom. The van der Waals surface area contributed by atoms with Crippen LogP contribution in [0.5, 0.6) is 0 Å². The first kappa shape index (κ1) is 18.0. The lowest BCUT2D eigenvalue weighted by atomic mass is 9.98. The lowest BCUT2D eigenvalue weighted by Crippen LogP contribution is -2.48. The summed E-state index contributed by atoms with van der Waals surface area (Å²) in [5, 5.41) is 2.90. The van der Waals surface area contributed by atoms with Crippen molar-refractivity contribution in [2.75, 3.05) is 31.5 Å². The first-order chi connectivity index (χ1) is 11.4. The number of rotatable bonds is 5. The molecule has 24 heavy (non-hydrogen) atoms. The highest BCUT2D eigenvalue weighted by Gasteiger charge is 2.22. The third-order valence-corrected chi connectivity index (χ3v) is 4.32. The minimum atomic E-state index is -0.297. The zero-order valence-corrected chi connectivity index (χ0v) is 14.5. The molecule has 1 aliphatic rings. The average molecular weight is 331 g/mol. The van der Waals surface area contributed by atoms with Crippen LogP contribution in [0.15, 0.2) is 18.2 Å². The van der Waals surface area contributed by atoms with Crippen molar-refractivity contribution in [3.05, 3.63) is 29.3 Å². The number of carbonyl (C=O) groups excluding carboxylic acids is 3. The van der Waals surface area contributed by atoms with Crippen molar-refractivity contribution in [3.8, 4) is 0 Å².